The van der Waals surface area contributed by atoms with Gasteiger partial charge in [-0.05, 0) is 6.07 Å². The Balaban J connectivity index is 1.75. The molecule has 1 aromatic carbocycles. The van der Waals surface area contributed by atoms with E-state index in [-0.39, 0.29) is 24.1 Å². The molecule has 1 amide bonds. The van der Waals surface area contributed by atoms with Crippen molar-refractivity contribution in [2.24, 2.45) is 0 Å². The van der Waals surface area contributed by atoms with Gasteiger partial charge in [0.2, 0.25) is 0 Å². The van der Waals surface area contributed by atoms with Gasteiger partial charge >= 0.3 is 5.97 Å². The number of nitro groups is 1. The summed E-state index contributed by atoms with van der Waals surface area (Å²) in [6, 6.07) is 4.37. The molecule has 0 radical (unpaired) electrons. The predicted molar refractivity (Wildman–Crippen MR) is 97.8 cm³/mol. The third kappa shape index (κ3) is 3.64. The lowest BCUT2D eigenvalue weighted by molar-refractivity contribution is -0.384. The van der Waals surface area contributed by atoms with Crippen molar-refractivity contribution in [2.45, 2.75) is 0 Å². The van der Waals surface area contributed by atoms with Gasteiger partial charge in [0, 0.05) is 48.4 Å². The Morgan fingerprint density at radius 1 is 1.31 bits per heavy atom. The van der Waals surface area contributed by atoms with E-state index in [1.54, 1.807) is 11.0 Å². The van der Waals surface area contributed by atoms with Gasteiger partial charge in [0.05, 0.1) is 23.6 Å². The number of hydrogen-bond acceptors (Lipinski definition) is 7. The van der Waals surface area contributed by atoms with Crippen LogP contribution in [0.25, 0.3) is 10.1 Å². The third-order valence-corrected chi connectivity index (χ3v) is 5.90. The summed E-state index contributed by atoms with van der Waals surface area (Å²) in [5, 5.41) is 11.9. The highest BCUT2D eigenvalue weighted by atomic mass is 35.5. The molecule has 1 saturated heterocycles. The number of thiophene rings is 1. The lowest BCUT2D eigenvalue weighted by Gasteiger charge is -2.33. The van der Waals surface area contributed by atoms with Crippen molar-refractivity contribution in [1.82, 2.24) is 9.80 Å². The van der Waals surface area contributed by atoms with E-state index >= 15 is 0 Å². The van der Waals surface area contributed by atoms with E-state index in [1.165, 1.54) is 19.2 Å². The summed E-state index contributed by atoms with van der Waals surface area (Å²) >= 11 is 7.50. The van der Waals surface area contributed by atoms with Crippen LogP contribution in [0.3, 0.4) is 0 Å². The monoisotopic (exact) mass is 397 g/mol. The Morgan fingerprint density at radius 3 is 2.62 bits per heavy atom. The maximum atomic E-state index is 12.8. The summed E-state index contributed by atoms with van der Waals surface area (Å²) in [5.74, 6) is -0.504. The first-order valence-electron chi connectivity index (χ1n) is 7.85. The Kier molecular flexibility index (Phi) is 5.40. The van der Waals surface area contributed by atoms with Gasteiger partial charge in [-0.3, -0.25) is 24.6 Å². The number of hydrogen-bond donors (Lipinski definition) is 0. The number of non-ortho nitro benzene ring substituents is 1. The standard InChI is InChI=1S/C16H16ClN3O5S/c1-25-13(21)9-18-4-6-19(7-5-18)16(22)15-14(17)11-3-2-10(20(23)24)8-12(11)26-15/h2-3,8H,4-7,9H2,1H3. The number of amides is 1. The zero-order valence-electron chi connectivity index (χ0n) is 13.9. The summed E-state index contributed by atoms with van der Waals surface area (Å²) in [5.41, 5.74) is -0.0363. The molecule has 3 rings (SSSR count). The Morgan fingerprint density at radius 2 is 2.00 bits per heavy atom. The van der Waals surface area contributed by atoms with Crippen molar-refractivity contribution < 1.29 is 19.2 Å². The summed E-state index contributed by atoms with van der Waals surface area (Å²) in [7, 11) is 1.34. The molecule has 0 spiro atoms. The molecule has 2 aromatic rings. The van der Waals surface area contributed by atoms with E-state index in [4.69, 9.17) is 11.6 Å². The Labute approximate surface area is 158 Å². The number of nitro benzene ring substituents is 1. The van der Waals surface area contributed by atoms with Crippen LogP contribution in [0.1, 0.15) is 9.67 Å². The predicted octanol–water partition coefficient (Wildman–Crippen LogP) is 2.39. The van der Waals surface area contributed by atoms with Crippen LogP contribution in [0.4, 0.5) is 5.69 Å². The topological polar surface area (TPSA) is 93.0 Å². The second-order valence-electron chi connectivity index (χ2n) is 5.83. The van der Waals surface area contributed by atoms with Crippen LogP contribution < -0.4 is 0 Å². The van der Waals surface area contributed by atoms with Gasteiger partial charge in [-0.1, -0.05) is 11.6 Å². The van der Waals surface area contributed by atoms with Crippen molar-refractivity contribution in [1.29, 1.82) is 0 Å². The number of methoxy groups -OCH3 is 1. The Bertz CT molecular complexity index is 876. The van der Waals surface area contributed by atoms with E-state index < -0.39 is 4.92 Å². The number of nitrogens with zero attached hydrogens (tertiary/aromatic N) is 3. The van der Waals surface area contributed by atoms with Crippen molar-refractivity contribution in [3.63, 3.8) is 0 Å². The fourth-order valence-corrected chi connectivity index (χ4v) is 4.32. The molecule has 2 heterocycles. The van der Waals surface area contributed by atoms with E-state index in [1.807, 2.05) is 4.90 Å². The molecule has 0 saturated carbocycles. The summed E-state index contributed by atoms with van der Waals surface area (Å²) in [4.78, 5) is 38.5. The first kappa shape index (κ1) is 18.6. The van der Waals surface area contributed by atoms with Gasteiger partial charge in [-0.2, -0.15) is 0 Å². The quantitative estimate of drug-likeness (QED) is 0.446. The van der Waals surface area contributed by atoms with Crippen LogP contribution in [-0.4, -0.2) is 66.4 Å². The zero-order valence-corrected chi connectivity index (χ0v) is 15.5. The molecule has 0 atom stereocenters. The van der Waals surface area contributed by atoms with Gasteiger partial charge < -0.3 is 9.64 Å². The highest BCUT2D eigenvalue weighted by Crippen LogP contribution is 2.37. The molecule has 1 aromatic heterocycles. The maximum Gasteiger partial charge on any atom is 0.319 e. The number of halogens is 1. The molecule has 0 bridgehead atoms. The minimum Gasteiger partial charge on any atom is -0.468 e. The fraction of sp³-hybridized carbons (Fsp3) is 0.375. The van der Waals surface area contributed by atoms with Crippen molar-refractivity contribution in [2.75, 3.05) is 39.8 Å². The van der Waals surface area contributed by atoms with Crippen LogP contribution in [0.5, 0.6) is 0 Å². The Hall–Kier alpha value is -2.23. The van der Waals surface area contributed by atoms with Gasteiger partial charge in [0.1, 0.15) is 4.88 Å². The van der Waals surface area contributed by atoms with Crippen LogP contribution in [0, 0.1) is 10.1 Å². The molecular weight excluding hydrogens is 382 g/mol. The SMILES string of the molecule is COC(=O)CN1CCN(C(=O)c2sc3cc([N+](=O)[O-])ccc3c2Cl)CC1. The second kappa shape index (κ2) is 7.56. The van der Waals surface area contributed by atoms with Crippen molar-refractivity contribution in [3.8, 4) is 0 Å². The molecule has 138 valence electrons. The van der Waals surface area contributed by atoms with Gasteiger partial charge in [-0.25, -0.2) is 0 Å². The molecule has 1 aliphatic heterocycles. The second-order valence-corrected chi connectivity index (χ2v) is 7.26. The first-order chi connectivity index (χ1) is 12.4. The highest BCUT2D eigenvalue weighted by Gasteiger charge is 2.27. The number of carbonyl (C=O) groups is 2. The van der Waals surface area contributed by atoms with Crippen molar-refractivity contribution in [3.05, 3.63) is 38.2 Å². The van der Waals surface area contributed by atoms with E-state index in [9.17, 15) is 19.7 Å². The van der Waals surface area contributed by atoms with Crippen LogP contribution >= 0.6 is 22.9 Å². The molecule has 10 heteroatoms. The number of esters is 1. The van der Waals surface area contributed by atoms with Crippen LogP contribution in [0.15, 0.2) is 18.2 Å². The van der Waals surface area contributed by atoms with Gasteiger partial charge in [0.15, 0.2) is 0 Å². The third-order valence-electron chi connectivity index (χ3n) is 4.26. The zero-order chi connectivity index (χ0) is 18.8. The van der Waals surface area contributed by atoms with E-state index in [2.05, 4.69) is 4.74 Å². The minimum atomic E-state index is -0.477. The molecule has 8 nitrogen and oxygen atoms in total. The smallest absolute Gasteiger partial charge is 0.319 e. The van der Waals surface area contributed by atoms with Gasteiger partial charge in [-0.15, -0.1) is 11.3 Å². The van der Waals surface area contributed by atoms with Crippen molar-refractivity contribution >= 4 is 50.6 Å². The maximum absolute atomic E-state index is 12.8. The summed E-state index contributed by atoms with van der Waals surface area (Å²) in [6.07, 6.45) is 0. The molecular formula is C16H16ClN3O5S. The molecule has 1 aliphatic rings. The molecule has 0 N–H and O–H groups in total. The molecule has 0 unspecified atom stereocenters. The molecule has 0 aliphatic carbocycles. The first-order valence-corrected chi connectivity index (χ1v) is 9.05. The number of fused-ring (bicyclic) bond motifs is 1. The summed E-state index contributed by atoms with van der Waals surface area (Å²) in [6.45, 7) is 2.27. The number of piperazine rings is 1. The normalized spacial score (nSPS) is 15.2. The largest absolute Gasteiger partial charge is 0.468 e. The van der Waals surface area contributed by atoms with Crippen LogP contribution in [0.2, 0.25) is 5.02 Å². The number of benzene rings is 1. The minimum absolute atomic E-state index is 0.0363. The average molecular weight is 398 g/mol. The molecule has 26 heavy (non-hydrogen) atoms. The number of rotatable bonds is 4. The summed E-state index contributed by atoms with van der Waals surface area (Å²) < 4.78 is 5.26. The van der Waals surface area contributed by atoms with Crippen LogP contribution in [-0.2, 0) is 9.53 Å². The lowest BCUT2D eigenvalue weighted by Crippen LogP contribution is -2.49. The highest BCUT2D eigenvalue weighted by molar-refractivity contribution is 7.21. The fourth-order valence-electron chi connectivity index (χ4n) is 2.80. The number of ether oxygens (including phenoxy) is 1. The number of carbonyl (C=O) groups excluding carboxylic acids is 2. The lowest BCUT2D eigenvalue weighted by atomic mass is 10.2. The van der Waals surface area contributed by atoms with E-state index in [0.717, 1.165) is 11.3 Å². The average Bonchev–Trinajstić information content (AvgIpc) is 2.97. The van der Waals surface area contributed by atoms with Gasteiger partial charge in [0.25, 0.3) is 11.6 Å². The molecule has 1 fully saturated rings. The van der Waals surface area contributed by atoms with E-state index in [0.29, 0.717) is 46.2 Å².